The van der Waals surface area contributed by atoms with Crippen LogP contribution in [0.25, 0.3) is 0 Å². The summed E-state index contributed by atoms with van der Waals surface area (Å²) < 4.78 is 0. The molecule has 0 amide bonds. The Morgan fingerprint density at radius 1 is 1.33 bits per heavy atom. The Morgan fingerprint density at radius 3 is 2.25 bits per heavy atom. The number of ketones is 1. The molecule has 0 spiro atoms. The lowest BCUT2D eigenvalue weighted by atomic mass is 9.83. The van der Waals surface area contributed by atoms with Gasteiger partial charge in [-0.25, -0.2) is 0 Å². The highest BCUT2D eigenvalue weighted by Crippen LogP contribution is 2.26. The fourth-order valence-corrected chi connectivity index (χ4v) is 1.87. The Labute approximate surface area is 74.9 Å². The first-order valence-electron chi connectivity index (χ1n) is 4.79. The quantitative estimate of drug-likeness (QED) is 0.627. The topological polar surface area (TPSA) is 20.3 Å². The first-order chi connectivity index (χ1) is 5.61. The van der Waals surface area contributed by atoms with Crippen LogP contribution < -0.4 is 0 Å². The number of Topliss-reactive ketones (excluding diaryl/α,β-unsaturated/α-hetero) is 1. The van der Waals surface area contributed by atoms with E-state index in [1.807, 2.05) is 0 Å². The van der Waals surface area contributed by atoms with Gasteiger partial charge in [-0.2, -0.15) is 0 Å². The molecule has 0 aromatic rings. The maximum Gasteiger partial charge on any atom is 0.132 e. The first kappa shape index (κ1) is 9.72. The monoisotopic (exact) mass is 169 g/mol. The number of carbonyl (C=O) groups excluding carboxylic acids is 1. The van der Waals surface area contributed by atoms with Crippen molar-refractivity contribution in [2.45, 2.75) is 38.6 Å². The summed E-state index contributed by atoms with van der Waals surface area (Å²) in [7, 11) is 4.22. The highest BCUT2D eigenvalue weighted by atomic mass is 16.1. The van der Waals surface area contributed by atoms with Crippen molar-refractivity contribution >= 4 is 5.78 Å². The van der Waals surface area contributed by atoms with E-state index >= 15 is 0 Å². The maximum absolute atomic E-state index is 11.0. The average Bonchev–Trinajstić information content (AvgIpc) is 2.04. The van der Waals surface area contributed by atoms with E-state index in [-0.39, 0.29) is 0 Å². The van der Waals surface area contributed by atoms with Gasteiger partial charge in [0.1, 0.15) is 5.78 Å². The van der Waals surface area contributed by atoms with E-state index in [0.717, 1.165) is 31.6 Å². The van der Waals surface area contributed by atoms with E-state index in [4.69, 9.17) is 0 Å². The van der Waals surface area contributed by atoms with Crippen molar-refractivity contribution < 1.29 is 4.79 Å². The molecule has 0 N–H and O–H groups in total. The lowest BCUT2D eigenvalue weighted by molar-refractivity contribution is -0.121. The second-order valence-electron chi connectivity index (χ2n) is 4.08. The summed E-state index contributed by atoms with van der Waals surface area (Å²) in [6.07, 6.45) is 3.81. The zero-order valence-corrected chi connectivity index (χ0v) is 8.34. The summed E-state index contributed by atoms with van der Waals surface area (Å²) in [5, 5.41) is 0. The van der Waals surface area contributed by atoms with Crippen molar-refractivity contribution in [2.24, 2.45) is 5.92 Å². The van der Waals surface area contributed by atoms with Crippen LogP contribution in [0.2, 0.25) is 0 Å². The van der Waals surface area contributed by atoms with Gasteiger partial charge >= 0.3 is 0 Å². The molecule has 0 aliphatic heterocycles. The van der Waals surface area contributed by atoms with E-state index in [2.05, 4.69) is 25.9 Å². The minimum absolute atomic E-state index is 0.456. The summed E-state index contributed by atoms with van der Waals surface area (Å²) in [5.74, 6) is 1.19. The lowest BCUT2D eigenvalue weighted by Crippen LogP contribution is -2.34. The van der Waals surface area contributed by atoms with Crippen LogP contribution in [0.4, 0.5) is 0 Å². The fourth-order valence-electron chi connectivity index (χ4n) is 1.87. The third-order valence-corrected chi connectivity index (χ3v) is 3.08. The van der Waals surface area contributed by atoms with Gasteiger partial charge in [0.25, 0.3) is 0 Å². The molecule has 0 saturated heterocycles. The molecule has 0 heterocycles. The molecule has 1 aliphatic rings. The number of hydrogen-bond acceptors (Lipinski definition) is 2. The standard InChI is InChI=1S/C10H19NO/c1-8(11(2)3)9-4-6-10(12)7-5-9/h8-9H,4-7H2,1-3H3. The molecule has 2 nitrogen and oxygen atoms in total. The van der Waals surface area contributed by atoms with E-state index in [1.165, 1.54) is 0 Å². The predicted molar refractivity (Wildman–Crippen MR) is 50.1 cm³/mol. The summed E-state index contributed by atoms with van der Waals surface area (Å²) in [4.78, 5) is 13.2. The highest BCUT2D eigenvalue weighted by molar-refractivity contribution is 5.79. The van der Waals surface area contributed by atoms with Gasteiger partial charge < -0.3 is 4.90 Å². The minimum atomic E-state index is 0.456. The Hall–Kier alpha value is -0.370. The summed E-state index contributed by atoms with van der Waals surface area (Å²) in [6, 6.07) is 0.623. The van der Waals surface area contributed by atoms with E-state index in [9.17, 15) is 4.79 Å². The Kier molecular flexibility index (Phi) is 3.27. The molecular formula is C10H19NO. The van der Waals surface area contributed by atoms with Crippen LogP contribution in [-0.2, 0) is 4.79 Å². The van der Waals surface area contributed by atoms with Crippen molar-refractivity contribution in [2.75, 3.05) is 14.1 Å². The van der Waals surface area contributed by atoms with Gasteiger partial charge in [-0.15, -0.1) is 0 Å². The Morgan fingerprint density at radius 2 is 1.83 bits per heavy atom. The smallest absolute Gasteiger partial charge is 0.132 e. The molecule has 1 rings (SSSR count). The third-order valence-electron chi connectivity index (χ3n) is 3.08. The van der Waals surface area contributed by atoms with Crippen LogP contribution in [0.15, 0.2) is 0 Å². The molecule has 1 fully saturated rings. The number of nitrogens with zero attached hydrogens (tertiary/aromatic N) is 1. The van der Waals surface area contributed by atoms with E-state index < -0.39 is 0 Å². The summed E-state index contributed by atoms with van der Waals surface area (Å²) in [5.41, 5.74) is 0. The zero-order chi connectivity index (χ0) is 9.14. The van der Waals surface area contributed by atoms with Gasteiger partial charge in [0.2, 0.25) is 0 Å². The van der Waals surface area contributed by atoms with Gasteiger partial charge in [-0.3, -0.25) is 4.79 Å². The zero-order valence-electron chi connectivity index (χ0n) is 8.34. The molecule has 0 aromatic heterocycles. The van der Waals surface area contributed by atoms with Gasteiger partial charge in [0.15, 0.2) is 0 Å². The maximum atomic E-state index is 11.0. The second-order valence-corrected chi connectivity index (χ2v) is 4.08. The molecule has 1 saturated carbocycles. The third kappa shape index (κ3) is 2.31. The molecule has 1 unspecified atom stereocenters. The Bertz CT molecular complexity index is 155. The van der Waals surface area contributed by atoms with Crippen LogP contribution in [0, 0.1) is 5.92 Å². The normalized spacial score (nSPS) is 23.2. The predicted octanol–water partition coefficient (Wildman–Crippen LogP) is 1.70. The van der Waals surface area contributed by atoms with E-state index in [1.54, 1.807) is 0 Å². The van der Waals surface area contributed by atoms with Crippen LogP contribution >= 0.6 is 0 Å². The number of carbonyl (C=O) groups is 1. The molecule has 1 atom stereocenters. The van der Waals surface area contributed by atoms with Gasteiger partial charge in [-0.05, 0) is 39.8 Å². The lowest BCUT2D eigenvalue weighted by Gasteiger charge is -2.31. The molecule has 0 bridgehead atoms. The van der Waals surface area contributed by atoms with Gasteiger partial charge in [0.05, 0.1) is 0 Å². The highest BCUT2D eigenvalue weighted by Gasteiger charge is 2.24. The average molecular weight is 169 g/mol. The summed E-state index contributed by atoms with van der Waals surface area (Å²) >= 11 is 0. The molecule has 2 heteroatoms. The summed E-state index contributed by atoms with van der Waals surface area (Å²) in [6.45, 7) is 2.25. The molecule has 0 radical (unpaired) electrons. The van der Waals surface area contributed by atoms with Crippen LogP contribution in [0.5, 0.6) is 0 Å². The minimum Gasteiger partial charge on any atom is -0.306 e. The Balaban J connectivity index is 2.38. The molecule has 1 aliphatic carbocycles. The van der Waals surface area contributed by atoms with Gasteiger partial charge in [-0.1, -0.05) is 0 Å². The fraction of sp³-hybridized carbons (Fsp3) is 0.900. The van der Waals surface area contributed by atoms with Crippen LogP contribution in [0.1, 0.15) is 32.6 Å². The second kappa shape index (κ2) is 4.04. The largest absolute Gasteiger partial charge is 0.306 e. The molecule has 12 heavy (non-hydrogen) atoms. The van der Waals surface area contributed by atoms with Crippen molar-refractivity contribution in [1.29, 1.82) is 0 Å². The number of rotatable bonds is 2. The molecular weight excluding hydrogens is 150 g/mol. The van der Waals surface area contributed by atoms with Gasteiger partial charge in [0, 0.05) is 18.9 Å². The SMILES string of the molecule is CC(C1CCC(=O)CC1)N(C)C. The van der Waals surface area contributed by atoms with E-state index in [0.29, 0.717) is 11.8 Å². The van der Waals surface area contributed by atoms with Crippen molar-refractivity contribution in [1.82, 2.24) is 4.90 Å². The van der Waals surface area contributed by atoms with Crippen molar-refractivity contribution in [3.8, 4) is 0 Å². The molecule has 0 aromatic carbocycles. The van der Waals surface area contributed by atoms with Crippen LogP contribution in [-0.4, -0.2) is 30.8 Å². The first-order valence-corrected chi connectivity index (χ1v) is 4.79. The number of hydrogen-bond donors (Lipinski definition) is 0. The van der Waals surface area contributed by atoms with Crippen molar-refractivity contribution in [3.63, 3.8) is 0 Å². The molecule has 70 valence electrons. The van der Waals surface area contributed by atoms with Crippen molar-refractivity contribution in [3.05, 3.63) is 0 Å². The van der Waals surface area contributed by atoms with Crippen LogP contribution in [0.3, 0.4) is 0 Å².